The number of hydrogen-bond acceptors (Lipinski definition) is 4. The maximum absolute atomic E-state index is 12.1. The lowest BCUT2D eigenvalue weighted by atomic mass is 10.2. The number of benzene rings is 1. The number of thioether (sulfide) groups is 1. The Balaban J connectivity index is 1.94. The molecule has 1 aliphatic heterocycles. The van der Waals surface area contributed by atoms with Gasteiger partial charge >= 0.3 is 0 Å². The summed E-state index contributed by atoms with van der Waals surface area (Å²) in [6, 6.07) is 7.50. The van der Waals surface area contributed by atoms with E-state index in [4.69, 9.17) is 16.3 Å². The highest BCUT2D eigenvalue weighted by molar-refractivity contribution is 8.00. The number of carbonyl (C=O) groups excluding carboxylic acids is 2. The number of rotatable bonds is 7. The average Bonchev–Trinajstić information content (AvgIpc) is 2.87. The van der Waals surface area contributed by atoms with Crippen LogP contribution >= 0.6 is 23.4 Å². The number of amides is 2. The Morgan fingerprint density at radius 1 is 1.50 bits per heavy atom. The van der Waals surface area contributed by atoms with Crippen LogP contribution in [0.25, 0.3) is 0 Å². The van der Waals surface area contributed by atoms with E-state index in [0.29, 0.717) is 30.5 Å². The van der Waals surface area contributed by atoms with E-state index in [1.807, 2.05) is 24.3 Å². The van der Waals surface area contributed by atoms with E-state index < -0.39 is 0 Å². The maximum atomic E-state index is 12.1. The van der Waals surface area contributed by atoms with Gasteiger partial charge in [0, 0.05) is 37.2 Å². The quantitative estimate of drug-likeness (QED) is 0.771. The highest BCUT2D eigenvalue weighted by Crippen LogP contribution is 2.41. The van der Waals surface area contributed by atoms with Gasteiger partial charge in [-0.15, -0.1) is 11.8 Å². The fourth-order valence-electron chi connectivity index (χ4n) is 2.23. The van der Waals surface area contributed by atoms with E-state index in [1.165, 1.54) is 11.8 Å². The molecule has 1 unspecified atom stereocenters. The largest absolute Gasteiger partial charge is 0.383 e. The topological polar surface area (TPSA) is 58.6 Å². The minimum Gasteiger partial charge on any atom is -0.383 e. The highest BCUT2D eigenvalue weighted by atomic mass is 35.5. The molecule has 1 atom stereocenters. The first-order chi connectivity index (χ1) is 10.6. The Hall–Kier alpha value is -1.24. The second-order valence-corrected chi connectivity index (χ2v) is 6.34. The van der Waals surface area contributed by atoms with Gasteiger partial charge in [-0.25, -0.2) is 0 Å². The zero-order valence-electron chi connectivity index (χ0n) is 12.4. The van der Waals surface area contributed by atoms with Crippen LogP contribution in [0.15, 0.2) is 24.3 Å². The minimum absolute atomic E-state index is 0.0413. The molecule has 0 radical (unpaired) electrons. The first kappa shape index (κ1) is 17.1. The second-order valence-electron chi connectivity index (χ2n) is 4.86. The molecule has 5 nitrogen and oxygen atoms in total. The highest BCUT2D eigenvalue weighted by Gasteiger charge is 2.33. The van der Waals surface area contributed by atoms with Crippen LogP contribution in [-0.4, -0.2) is 49.3 Å². The van der Waals surface area contributed by atoms with E-state index in [1.54, 1.807) is 12.0 Å². The van der Waals surface area contributed by atoms with E-state index in [2.05, 4.69) is 5.32 Å². The summed E-state index contributed by atoms with van der Waals surface area (Å²) in [5.41, 5.74) is 0.916. The Kier molecular flexibility index (Phi) is 6.54. The van der Waals surface area contributed by atoms with E-state index in [9.17, 15) is 9.59 Å². The van der Waals surface area contributed by atoms with Gasteiger partial charge in [0.25, 0.3) is 0 Å². The molecular weight excluding hydrogens is 324 g/mol. The molecule has 0 aliphatic carbocycles. The Labute approximate surface area is 139 Å². The molecule has 1 aromatic carbocycles. The van der Waals surface area contributed by atoms with Crippen molar-refractivity contribution < 1.29 is 14.3 Å². The van der Waals surface area contributed by atoms with Gasteiger partial charge in [0.05, 0.1) is 12.4 Å². The minimum atomic E-state index is -0.118. The molecule has 0 spiro atoms. The maximum Gasteiger partial charge on any atom is 0.233 e. The van der Waals surface area contributed by atoms with E-state index in [-0.39, 0.29) is 23.6 Å². The standard InChI is InChI=1S/C15H19ClN2O3S/c1-21-9-7-17-13(19)6-8-18-14(20)10-22-15(18)11-4-2-3-5-12(11)16/h2-5,15H,6-10H2,1H3,(H,17,19). The lowest BCUT2D eigenvalue weighted by Crippen LogP contribution is -2.34. The van der Waals surface area contributed by atoms with Crippen LogP contribution in [0.4, 0.5) is 0 Å². The predicted octanol–water partition coefficient (Wildman–Crippen LogP) is 2.07. The van der Waals surface area contributed by atoms with Gasteiger partial charge in [0.1, 0.15) is 5.37 Å². The summed E-state index contributed by atoms with van der Waals surface area (Å²) in [5.74, 6) is 0.375. The number of nitrogens with one attached hydrogen (secondary N) is 1. The van der Waals surface area contributed by atoms with Crippen LogP contribution in [0, 0.1) is 0 Å². The molecule has 0 bridgehead atoms. The third-order valence-electron chi connectivity index (χ3n) is 3.35. The van der Waals surface area contributed by atoms with Gasteiger partial charge in [-0.3, -0.25) is 9.59 Å². The van der Waals surface area contributed by atoms with Gasteiger partial charge in [-0.05, 0) is 6.07 Å². The first-order valence-electron chi connectivity index (χ1n) is 7.04. The number of halogens is 1. The fraction of sp³-hybridized carbons (Fsp3) is 0.467. The van der Waals surface area contributed by atoms with Crippen molar-refractivity contribution >= 4 is 35.2 Å². The summed E-state index contributed by atoms with van der Waals surface area (Å²) < 4.78 is 4.88. The number of methoxy groups -OCH3 is 1. The Morgan fingerprint density at radius 2 is 2.27 bits per heavy atom. The van der Waals surface area contributed by atoms with Crippen molar-refractivity contribution in [3.63, 3.8) is 0 Å². The van der Waals surface area contributed by atoms with Gasteiger partial charge < -0.3 is 15.0 Å². The van der Waals surface area contributed by atoms with Crippen molar-refractivity contribution in [1.29, 1.82) is 0 Å². The third-order valence-corrected chi connectivity index (χ3v) is 4.93. The summed E-state index contributed by atoms with van der Waals surface area (Å²) in [5, 5.41) is 3.28. The smallest absolute Gasteiger partial charge is 0.233 e. The van der Waals surface area contributed by atoms with E-state index >= 15 is 0 Å². The summed E-state index contributed by atoms with van der Waals surface area (Å²) in [4.78, 5) is 25.5. The monoisotopic (exact) mass is 342 g/mol. The lowest BCUT2D eigenvalue weighted by Gasteiger charge is -2.24. The first-order valence-corrected chi connectivity index (χ1v) is 8.47. The average molecular weight is 343 g/mol. The molecule has 1 N–H and O–H groups in total. The van der Waals surface area contributed by atoms with Gasteiger partial charge in [-0.1, -0.05) is 29.8 Å². The number of carbonyl (C=O) groups is 2. The fourth-order valence-corrected chi connectivity index (χ4v) is 3.79. The number of nitrogens with zero attached hydrogens (tertiary/aromatic N) is 1. The summed E-state index contributed by atoms with van der Waals surface area (Å²) in [6.45, 7) is 1.35. The summed E-state index contributed by atoms with van der Waals surface area (Å²) in [6.07, 6.45) is 0.275. The zero-order valence-corrected chi connectivity index (χ0v) is 14.0. The van der Waals surface area contributed by atoms with Crippen LogP contribution < -0.4 is 5.32 Å². The third kappa shape index (κ3) is 4.38. The zero-order chi connectivity index (χ0) is 15.9. The van der Waals surface area contributed by atoms with Crippen molar-refractivity contribution in [2.24, 2.45) is 0 Å². The lowest BCUT2D eigenvalue weighted by molar-refractivity contribution is -0.129. The molecule has 1 aromatic rings. The van der Waals surface area contributed by atoms with E-state index in [0.717, 1.165) is 5.56 Å². The van der Waals surface area contributed by atoms with Crippen LogP contribution in [0.2, 0.25) is 5.02 Å². The molecule has 7 heteroatoms. The molecule has 0 aromatic heterocycles. The van der Waals surface area contributed by atoms with Crippen molar-refractivity contribution in [2.45, 2.75) is 11.8 Å². The molecule has 2 amide bonds. The van der Waals surface area contributed by atoms with Gasteiger partial charge in [-0.2, -0.15) is 0 Å². The van der Waals surface area contributed by atoms with Gasteiger partial charge in [0.15, 0.2) is 0 Å². The van der Waals surface area contributed by atoms with Crippen molar-refractivity contribution in [1.82, 2.24) is 10.2 Å². The van der Waals surface area contributed by atoms with Gasteiger partial charge in [0.2, 0.25) is 11.8 Å². The van der Waals surface area contributed by atoms with Crippen LogP contribution in [0.3, 0.4) is 0 Å². The normalized spacial score (nSPS) is 17.8. The Bertz CT molecular complexity index is 541. The predicted molar refractivity (Wildman–Crippen MR) is 87.9 cm³/mol. The molecule has 1 fully saturated rings. The molecule has 1 heterocycles. The summed E-state index contributed by atoms with van der Waals surface area (Å²) >= 11 is 7.76. The number of hydrogen-bond donors (Lipinski definition) is 1. The second kappa shape index (κ2) is 8.41. The molecule has 1 aliphatic rings. The molecule has 120 valence electrons. The van der Waals surface area contributed by atoms with Crippen molar-refractivity contribution in [2.75, 3.05) is 32.6 Å². The molecule has 2 rings (SSSR count). The van der Waals surface area contributed by atoms with Crippen LogP contribution in [0.1, 0.15) is 17.4 Å². The number of ether oxygens (including phenoxy) is 1. The Morgan fingerprint density at radius 3 is 3.00 bits per heavy atom. The summed E-state index contributed by atoms with van der Waals surface area (Å²) in [7, 11) is 1.58. The van der Waals surface area contributed by atoms with Crippen molar-refractivity contribution in [3.8, 4) is 0 Å². The molecule has 22 heavy (non-hydrogen) atoms. The molecule has 0 saturated carbocycles. The SMILES string of the molecule is COCCNC(=O)CCN1C(=O)CSC1c1ccccc1Cl. The van der Waals surface area contributed by atoms with Crippen LogP contribution in [-0.2, 0) is 14.3 Å². The van der Waals surface area contributed by atoms with Crippen molar-refractivity contribution in [3.05, 3.63) is 34.9 Å². The molecule has 1 saturated heterocycles. The van der Waals surface area contributed by atoms with Crippen LogP contribution in [0.5, 0.6) is 0 Å². The molecular formula is C15H19ClN2O3S.